The molecule has 196 valence electrons. The van der Waals surface area contributed by atoms with Crippen molar-refractivity contribution < 1.29 is 18.1 Å². The fourth-order valence-corrected chi connectivity index (χ4v) is 7.28. The number of carbonyl (C=O) groups is 1. The quantitative estimate of drug-likeness (QED) is 0.280. The molecular formula is C26H30N4O5S2. The minimum Gasteiger partial charge on any atom is -0.382 e. The number of benzene rings is 2. The number of hydrogen-bond donors (Lipinski definition) is 2. The summed E-state index contributed by atoms with van der Waals surface area (Å²) < 4.78 is 28.2. The van der Waals surface area contributed by atoms with Gasteiger partial charge in [0, 0.05) is 47.4 Å². The van der Waals surface area contributed by atoms with Gasteiger partial charge in [-0.2, -0.15) is 4.31 Å². The summed E-state index contributed by atoms with van der Waals surface area (Å²) in [5.41, 5.74) is 2.41. The first kappa shape index (κ1) is 26.8. The molecule has 0 atom stereocenters. The lowest BCUT2D eigenvalue weighted by Gasteiger charge is -2.32. The smallest absolute Gasteiger partial charge is 0.270 e. The minimum atomic E-state index is -3.62. The van der Waals surface area contributed by atoms with Crippen LogP contribution in [0.2, 0.25) is 0 Å². The molecule has 1 aromatic heterocycles. The zero-order chi connectivity index (χ0) is 26.4. The van der Waals surface area contributed by atoms with Crippen molar-refractivity contribution >= 4 is 38.6 Å². The largest absolute Gasteiger partial charge is 0.382 e. The molecule has 2 heterocycles. The molecule has 3 aromatic rings. The van der Waals surface area contributed by atoms with Gasteiger partial charge in [0.25, 0.3) is 21.6 Å². The normalized spacial score (nSPS) is 14.8. The highest BCUT2D eigenvalue weighted by molar-refractivity contribution is 7.91. The maximum absolute atomic E-state index is 13.2. The summed E-state index contributed by atoms with van der Waals surface area (Å²) in [4.78, 5) is 23.5. The van der Waals surface area contributed by atoms with Gasteiger partial charge < -0.3 is 10.6 Å². The van der Waals surface area contributed by atoms with Crippen LogP contribution in [0.4, 0.5) is 11.4 Å². The lowest BCUT2D eigenvalue weighted by Crippen LogP contribution is -2.42. The number of carbonyl (C=O) groups excluding carboxylic acids is 1. The molecule has 0 spiro atoms. The molecule has 37 heavy (non-hydrogen) atoms. The molecule has 1 fully saturated rings. The first-order valence-corrected chi connectivity index (χ1v) is 14.5. The van der Waals surface area contributed by atoms with Gasteiger partial charge in [-0.15, -0.1) is 11.3 Å². The molecular weight excluding hydrogens is 512 g/mol. The number of nitro benzene ring substituents is 1. The molecule has 0 saturated carbocycles. The van der Waals surface area contributed by atoms with Crippen LogP contribution in [0.1, 0.15) is 47.0 Å². The molecule has 4 rings (SSSR count). The zero-order valence-electron chi connectivity index (χ0n) is 20.6. The zero-order valence-corrected chi connectivity index (χ0v) is 22.2. The predicted octanol–water partition coefficient (Wildman–Crippen LogP) is 4.80. The Bertz CT molecular complexity index is 1360. The minimum absolute atomic E-state index is 0.130. The van der Waals surface area contributed by atoms with Crippen LogP contribution in [-0.2, 0) is 23.0 Å². The molecule has 0 radical (unpaired) electrons. The van der Waals surface area contributed by atoms with Crippen LogP contribution in [0.5, 0.6) is 0 Å². The number of nitro groups is 1. The van der Waals surface area contributed by atoms with E-state index >= 15 is 0 Å². The monoisotopic (exact) mass is 542 g/mol. The number of rotatable bonds is 10. The van der Waals surface area contributed by atoms with E-state index in [4.69, 9.17) is 0 Å². The van der Waals surface area contributed by atoms with Gasteiger partial charge in [-0.3, -0.25) is 14.9 Å². The maximum atomic E-state index is 13.2. The second-order valence-corrected chi connectivity index (χ2v) is 12.3. The van der Waals surface area contributed by atoms with Gasteiger partial charge in [-0.05, 0) is 49.1 Å². The van der Waals surface area contributed by atoms with Crippen molar-refractivity contribution in [1.82, 2.24) is 9.62 Å². The second-order valence-electron chi connectivity index (χ2n) is 8.94. The number of anilines is 1. The second kappa shape index (κ2) is 11.8. The summed E-state index contributed by atoms with van der Waals surface area (Å²) in [6.07, 6.45) is 3.51. The van der Waals surface area contributed by atoms with Crippen LogP contribution < -0.4 is 10.6 Å². The van der Waals surface area contributed by atoms with E-state index in [2.05, 4.69) is 29.7 Å². The van der Waals surface area contributed by atoms with Crippen molar-refractivity contribution in [2.24, 2.45) is 0 Å². The molecule has 0 aliphatic carbocycles. The van der Waals surface area contributed by atoms with E-state index in [0.717, 1.165) is 42.7 Å². The van der Waals surface area contributed by atoms with Crippen molar-refractivity contribution in [3.05, 3.63) is 86.8 Å². The van der Waals surface area contributed by atoms with E-state index in [1.54, 1.807) is 12.1 Å². The SMILES string of the molecule is CCCc1ccccc1NC1CCN(S(=O)(=O)c2ccc(CNC(=O)c3cccc([N+](=O)[O-])c3)s2)CC1. The Labute approximate surface area is 220 Å². The Balaban J connectivity index is 1.32. The number of amides is 1. The summed E-state index contributed by atoms with van der Waals surface area (Å²) in [6.45, 7) is 3.16. The Morgan fingerprint density at radius 2 is 1.86 bits per heavy atom. The number of hydrogen-bond acceptors (Lipinski definition) is 7. The van der Waals surface area contributed by atoms with Gasteiger partial charge in [-0.1, -0.05) is 37.6 Å². The third kappa shape index (κ3) is 6.54. The van der Waals surface area contributed by atoms with Gasteiger partial charge in [0.05, 0.1) is 11.5 Å². The number of aryl methyl sites for hydroxylation is 1. The van der Waals surface area contributed by atoms with E-state index in [1.165, 1.54) is 34.1 Å². The van der Waals surface area contributed by atoms with Crippen molar-refractivity contribution in [1.29, 1.82) is 0 Å². The molecule has 1 amide bonds. The molecule has 11 heteroatoms. The van der Waals surface area contributed by atoms with Crippen molar-refractivity contribution in [3.63, 3.8) is 0 Å². The van der Waals surface area contributed by atoms with Crippen molar-refractivity contribution in [2.45, 2.75) is 49.4 Å². The lowest BCUT2D eigenvalue weighted by atomic mass is 10.0. The van der Waals surface area contributed by atoms with E-state index in [0.29, 0.717) is 18.0 Å². The van der Waals surface area contributed by atoms with E-state index in [1.807, 2.05) is 12.1 Å². The molecule has 1 saturated heterocycles. The standard InChI is InChI=1S/C26H30N4O5S2/c1-2-6-19-7-3-4-10-24(19)28-21-13-15-29(16-14-21)37(34,35)25-12-11-23(36-25)18-27-26(31)20-8-5-9-22(17-20)30(32)33/h3-5,7-12,17,21,28H,2,6,13-16,18H2,1H3,(H,27,31). The Kier molecular flexibility index (Phi) is 8.57. The van der Waals surface area contributed by atoms with Crippen molar-refractivity contribution in [3.8, 4) is 0 Å². The lowest BCUT2D eigenvalue weighted by molar-refractivity contribution is -0.384. The summed E-state index contributed by atoms with van der Waals surface area (Å²) in [6, 6.07) is 17.2. The number of para-hydroxylation sites is 1. The first-order chi connectivity index (χ1) is 17.8. The number of nitrogens with zero attached hydrogens (tertiary/aromatic N) is 2. The molecule has 1 aliphatic rings. The maximum Gasteiger partial charge on any atom is 0.270 e. The number of nitrogens with one attached hydrogen (secondary N) is 2. The van der Waals surface area contributed by atoms with Crippen LogP contribution in [-0.4, -0.2) is 42.7 Å². The van der Waals surface area contributed by atoms with Gasteiger partial charge >= 0.3 is 0 Å². The van der Waals surface area contributed by atoms with Gasteiger partial charge in [0.1, 0.15) is 4.21 Å². The van der Waals surface area contributed by atoms with Crippen LogP contribution in [0.25, 0.3) is 0 Å². The fourth-order valence-electron chi connectivity index (χ4n) is 4.36. The van der Waals surface area contributed by atoms with Crippen molar-refractivity contribution in [2.75, 3.05) is 18.4 Å². The molecule has 9 nitrogen and oxygen atoms in total. The van der Waals surface area contributed by atoms with E-state index in [-0.39, 0.29) is 28.0 Å². The fraction of sp³-hybridized carbons (Fsp3) is 0.346. The van der Waals surface area contributed by atoms with Gasteiger partial charge in [0.15, 0.2) is 0 Å². The summed E-state index contributed by atoms with van der Waals surface area (Å²) in [5, 5.41) is 17.2. The highest BCUT2D eigenvalue weighted by atomic mass is 32.2. The first-order valence-electron chi connectivity index (χ1n) is 12.2. The molecule has 2 N–H and O–H groups in total. The van der Waals surface area contributed by atoms with Crippen LogP contribution in [0.15, 0.2) is 64.9 Å². The van der Waals surface area contributed by atoms with Crippen LogP contribution in [0, 0.1) is 10.1 Å². The Hall–Kier alpha value is -3.28. The molecule has 0 bridgehead atoms. The van der Waals surface area contributed by atoms with E-state index in [9.17, 15) is 23.3 Å². The number of piperidine rings is 1. The van der Waals surface area contributed by atoms with Crippen LogP contribution in [0.3, 0.4) is 0 Å². The number of sulfonamides is 1. The predicted molar refractivity (Wildman–Crippen MR) is 144 cm³/mol. The third-order valence-electron chi connectivity index (χ3n) is 6.32. The van der Waals surface area contributed by atoms with Gasteiger partial charge in [-0.25, -0.2) is 8.42 Å². The highest BCUT2D eigenvalue weighted by Crippen LogP contribution is 2.28. The topological polar surface area (TPSA) is 122 Å². The molecule has 1 aliphatic heterocycles. The summed E-state index contributed by atoms with van der Waals surface area (Å²) in [7, 11) is -3.62. The highest BCUT2D eigenvalue weighted by Gasteiger charge is 2.30. The number of thiophene rings is 1. The van der Waals surface area contributed by atoms with Gasteiger partial charge in [0.2, 0.25) is 0 Å². The Morgan fingerprint density at radius 1 is 1.11 bits per heavy atom. The average molecular weight is 543 g/mol. The Morgan fingerprint density at radius 3 is 2.59 bits per heavy atom. The van der Waals surface area contributed by atoms with E-state index < -0.39 is 20.9 Å². The third-order valence-corrected chi connectivity index (χ3v) is 9.78. The van der Waals surface area contributed by atoms with Crippen LogP contribution >= 0.6 is 11.3 Å². The summed E-state index contributed by atoms with van der Waals surface area (Å²) in [5.74, 6) is -0.461. The molecule has 0 unspecified atom stereocenters. The number of non-ortho nitro benzene ring substituents is 1. The summed E-state index contributed by atoms with van der Waals surface area (Å²) >= 11 is 1.12. The molecule has 2 aromatic carbocycles. The average Bonchev–Trinajstić information content (AvgIpc) is 3.39.